The molecule has 1 amide bonds. The van der Waals surface area contributed by atoms with Gasteiger partial charge in [-0.2, -0.15) is 18.3 Å². The predicted octanol–water partition coefficient (Wildman–Crippen LogP) is 5.90. The monoisotopic (exact) mass is 432 g/mol. The molecule has 31 heavy (non-hydrogen) atoms. The lowest BCUT2D eigenvalue weighted by Crippen LogP contribution is -2.35. The van der Waals surface area contributed by atoms with Crippen molar-refractivity contribution in [3.63, 3.8) is 0 Å². The molecule has 3 atom stereocenters. The van der Waals surface area contributed by atoms with Crippen molar-refractivity contribution < 1.29 is 22.4 Å². The minimum Gasteiger partial charge on any atom is -0.467 e. The number of hydrogen-bond donors (Lipinski definition) is 2. The molecule has 0 aliphatic carbocycles. The Morgan fingerprint density at radius 2 is 2.06 bits per heavy atom. The van der Waals surface area contributed by atoms with Gasteiger partial charge in [-0.1, -0.05) is 26.0 Å². The molecule has 0 saturated carbocycles. The first-order valence-corrected chi connectivity index (χ1v) is 10.1. The Hall–Kier alpha value is -3.23. The SMILES string of the molecule is CC[C@H](C)c1ccc(NC(=O)c2cc3n(n2)[C@H](C(F)(F)F)C[C@@H](c2ccco2)N3)cc1. The Bertz CT molecular complexity index is 1040. The molecule has 0 bridgehead atoms. The fourth-order valence-corrected chi connectivity index (χ4v) is 3.69. The second-order valence-electron chi connectivity index (χ2n) is 7.75. The molecule has 1 aromatic carbocycles. The van der Waals surface area contributed by atoms with Crippen molar-refractivity contribution in [2.75, 3.05) is 10.6 Å². The van der Waals surface area contributed by atoms with Crippen LogP contribution >= 0.6 is 0 Å². The number of anilines is 2. The molecule has 0 spiro atoms. The second kappa shape index (κ2) is 8.13. The standard InChI is InChI=1S/C22H23F3N4O2/c1-3-13(2)14-6-8-15(9-7-14)26-21(30)17-12-20-27-16(18-5-4-10-31-18)11-19(22(23,24)25)29(20)28-17/h4-10,12-13,16,19,27H,3,11H2,1-2H3,(H,26,30)/t13-,16-,19-/m0/s1. The van der Waals surface area contributed by atoms with Crippen molar-refractivity contribution in [1.29, 1.82) is 0 Å². The Morgan fingerprint density at radius 3 is 2.68 bits per heavy atom. The first-order chi connectivity index (χ1) is 14.8. The molecule has 0 unspecified atom stereocenters. The highest BCUT2D eigenvalue weighted by Crippen LogP contribution is 2.43. The number of carbonyl (C=O) groups excluding carboxylic acids is 1. The van der Waals surface area contributed by atoms with Gasteiger partial charge in [0, 0.05) is 18.2 Å². The van der Waals surface area contributed by atoms with E-state index in [0.29, 0.717) is 17.4 Å². The van der Waals surface area contributed by atoms with Crippen LogP contribution in [0.25, 0.3) is 0 Å². The number of furan rings is 1. The van der Waals surface area contributed by atoms with E-state index in [1.807, 2.05) is 12.1 Å². The number of aromatic nitrogens is 2. The molecule has 2 N–H and O–H groups in total. The highest BCUT2D eigenvalue weighted by Gasteiger charge is 2.47. The number of amides is 1. The van der Waals surface area contributed by atoms with E-state index in [1.165, 1.54) is 12.3 Å². The molecule has 4 rings (SSSR count). The number of alkyl halides is 3. The summed E-state index contributed by atoms with van der Waals surface area (Å²) >= 11 is 0. The third kappa shape index (κ3) is 4.30. The average Bonchev–Trinajstić information content (AvgIpc) is 3.42. The summed E-state index contributed by atoms with van der Waals surface area (Å²) in [4.78, 5) is 12.7. The van der Waals surface area contributed by atoms with Gasteiger partial charge in [-0.15, -0.1) is 0 Å². The first-order valence-electron chi connectivity index (χ1n) is 10.1. The fourth-order valence-electron chi connectivity index (χ4n) is 3.69. The van der Waals surface area contributed by atoms with Crippen LogP contribution in [0.5, 0.6) is 0 Å². The number of carbonyl (C=O) groups is 1. The summed E-state index contributed by atoms with van der Waals surface area (Å²) in [5, 5.41) is 9.66. The summed E-state index contributed by atoms with van der Waals surface area (Å²) in [6.45, 7) is 4.21. The Kier molecular flexibility index (Phi) is 5.51. The number of hydrogen-bond acceptors (Lipinski definition) is 4. The van der Waals surface area contributed by atoms with Gasteiger partial charge in [-0.3, -0.25) is 4.79 Å². The molecule has 1 aliphatic rings. The van der Waals surface area contributed by atoms with Crippen molar-refractivity contribution >= 4 is 17.4 Å². The van der Waals surface area contributed by atoms with Gasteiger partial charge < -0.3 is 15.1 Å². The van der Waals surface area contributed by atoms with E-state index in [0.717, 1.165) is 16.7 Å². The lowest BCUT2D eigenvalue weighted by atomic mass is 9.99. The lowest BCUT2D eigenvalue weighted by Gasteiger charge is -2.32. The lowest BCUT2D eigenvalue weighted by molar-refractivity contribution is -0.174. The average molecular weight is 432 g/mol. The van der Waals surface area contributed by atoms with Crippen LogP contribution in [0.3, 0.4) is 0 Å². The number of nitrogens with zero attached hydrogens (tertiary/aromatic N) is 2. The van der Waals surface area contributed by atoms with Crippen LogP contribution in [0, 0.1) is 0 Å². The maximum atomic E-state index is 13.7. The van der Waals surface area contributed by atoms with Gasteiger partial charge in [0.15, 0.2) is 11.7 Å². The summed E-state index contributed by atoms with van der Waals surface area (Å²) in [6.07, 6.45) is -2.40. The van der Waals surface area contributed by atoms with Gasteiger partial charge in [0.1, 0.15) is 11.6 Å². The molecule has 0 radical (unpaired) electrons. The summed E-state index contributed by atoms with van der Waals surface area (Å²) in [5.41, 5.74) is 1.61. The number of nitrogens with one attached hydrogen (secondary N) is 2. The van der Waals surface area contributed by atoms with Gasteiger partial charge in [-0.25, -0.2) is 4.68 Å². The van der Waals surface area contributed by atoms with Gasteiger partial charge in [0.2, 0.25) is 0 Å². The van der Waals surface area contributed by atoms with E-state index in [9.17, 15) is 18.0 Å². The zero-order valence-electron chi connectivity index (χ0n) is 17.1. The number of fused-ring (bicyclic) bond motifs is 1. The summed E-state index contributed by atoms with van der Waals surface area (Å²) in [7, 11) is 0. The molecule has 0 saturated heterocycles. The van der Waals surface area contributed by atoms with Crippen LogP contribution in [-0.4, -0.2) is 21.9 Å². The van der Waals surface area contributed by atoms with Crippen LogP contribution in [-0.2, 0) is 0 Å². The molecule has 2 aromatic heterocycles. The highest BCUT2D eigenvalue weighted by atomic mass is 19.4. The fraction of sp³-hybridized carbons (Fsp3) is 0.364. The maximum absolute atomic E-state index is 13.7. The van der Waals surface area contributed by atoms with E-state index in [2.05, 4.69) is 29.6 Å². The summed E-state index contributed by atoms with van der Waals surface area (Å²) in [6, 6.07) is 9.44. The predicted molar refractivity (Wildman–Crippen MR) is 110 cm³/mol. The van der Waals surface area contributed by atoms with E-state index >= 15 is 0 Å². The van der Waals surface area contributed by atoms with E-state index in [4.69, 9.17) is 4.42 Å². The second-order valence-corrected chi connectivity index (χ2v) is 7.75. The van der Waals surface area contributed by atoms with Crippen LogP contribution in [0.4, 0.5) is 24.7 Å². The van der Waals surface area contributed by atoms with Crippen LogP contribution < -0.4 is 10.6 Å². The topological polar surface area (TPSA) is 72.1 Å². The van der Waals surface area contributed by atoms with Crippen LogP contribution in [0.15, 0.2) is 53.1 Å². The van der Waals surface area contributed by atoms with Gasteiger partial charge in [0.05, 0.1) is 12.3 Å². The quantitative estimate of drug-likeness (QED) is 0.526. The maximum Gasteiger partial charge on any atom is 0.410 e. The molecule has 164 valence electrons. The van der Waals surface area contributed by atoms with Crippen molar-refractivity contribution in [1.82, 2.24) is 9.78 Å². The molecular weight excluding hydrogens is 409 g/mol. The van der Waals surface area contributed by atoms with Gasteiger partial charge in [-0.05, 0) is 42.2 Å². The molecule has 3 aromatic rings. The molecule has 6 nitrogen and oxygen atoms in total. The van der Waals surface area contributed by atoms with Crippen LogP contribution in [0.1, 0.15) is 66.5 Å². The third-order valence-corrected chi connectivity index (χ3v) is 5.66. The number of halogens is 3. The number of benzene rings is 1. The van der Waals surface area contributed by atoms with E-state index < -0.39 is 24.2 Å². The zero-order valence-corrected chi connectivity index (χ0v) is 17.1. The normalized spacial score (nSPS) is 19.4. The zero-order chi connectivity index (χ0) is 22.2. The summed E-state index contributed by atoms with van der Waals surface area (Å²) < 4.78 is 47.2. The smallest absolute Gasteiger partial charge is 0.410 e. The molecule has 0 fully saturated rings. The molecule has 9 heteroatoms. The first kappa shape index (κ1) is 21.0. The van der Waals surface area contributed by atoms with Crippen molar-refractivity contribution in [2.24, 2.45) is 0 Å². The Labute approximate surface area is 177 Å². The number of rotatable bonds is 5. The minimum absolute atomic E-state index is 0.0946. The minimum atomic E-state index is -4.52. The van der Waals surface area contributed by atoms with Crippen molar-refractivity contribution in [3.05, 3.63) is 65.7 Å². The van der Waals surface area contributed by atoms with Gasteiger partial charge >= 0.3 is 6.18 Å². The van der Waals surface area contributed by atoms with Crippen molar-refractivity contribution in [3.8, 4) is 0 Å². The summed E-state index contributed by atoms with van der Waals surface area (Å²) in [5.74, 6) is 0.342. The largest absolute Gasteiger partial charge is 0.467 e. The highest BCUT2D eigenvalue weighted by molar-refractivity contribution is 6.03. The van der Waals surface area contributed by atoms with E-state index in [-0.39, 0.29) is 17.9 Å². The molecular formula is C22H23F3N4O2. The molecule has 3 heterocycles. The third-order valence-electron chi connectivity index (χ3n) is 5.66. The van der Waals surface area contributed by atoms with Crippen molar-refractivity contribution in [2.45, 2.75) is 50.9 Å². The van der Waals surface area contributed by atoms with Gasteiger partial charge in [0.25, 0.3) is 5.91 Å². The Morgan fingerprint density at radius 1 is 1.32 bits per heavy atom. The molecule has 1 aliphatic heterocycles. The van der Waals surface area contributed by atoms with Crippen LogP contribution in [0.2, 0.25) is 0 Å². The van der Waals surface area contributed by atoms with E-state index in [1.54, 1.807) is 24.3 Å². The Balaban J connectivity index is 1.56.